The van der Waals surface area contributed by atoms with Crippen molar-refractivity contribution < 1.29 is 14.4 Å². The predicted octanol–water partition coefficient (Wildman–Crippen LogP) is 2.20. The van der Waals surface area contributed by atoms with Gasteiger partial charge in [0.25, 0.3) is 5.91 Å². The molecule has 0 atom stereocenters. The third kappa shape index (κ3) is 5.47. The lowest BCUT2D eigenvalue weighted by Crippen LogP contribution is -2.44. The van der Waals surface area contributed by atoms with Crippen LogP contribution in [0.3, 0.4) is 0 Å². The summed E-state index contributed by atoms with van der Waals surface area (Å²) in [6, 6.07) is 6.66. The third-order valence-corrected chi connectivity index (χ3v) is 4.26. The molecule has 1 aromatic rings. The largest absolute Gasteiger partial charge is 0.359 e. The summed E-state index contributed by atoms with van der Waals surface area (Å²) in [6.45, 7) is 6.82. The van der Waals surface area contributed by atoms with Crippen LogP contribution in [0.4, 0.5) is 10.5 Å². The van der Waals surface area contributed by atoms with E-state index in [1.165, 1.54) is 0 Å². The molecule has 1 saturated heterocycles. The summed E-state index contributed by atoms with van der Waals surface area (Å²) in [5.74, 6) is -0.184. The number of benzene rings is 1. The van der Waals surface area contributed by atoms with E-state index in [4.69, 9.17) is 0 Å². The molecular weight excluding hydrogens is 332 g/mol. The SMILES string of the molecule is CNC(=O)C1CCN(C(=O)Nc2cccc(C(=O)NC(C)(C)C)c2)CC1. The topological polar surface area (TPSA) is 90.5 Å². The first-order valence-electron chi connectivity index (χ1n) is 8.89. The molecule has 2 rings (SSSR count). The Morgan fingerprint density at radius 2 is 1.77 bits per heavy atom. The molecule has 7 nitrogen and oxygen atoms in total. The van der Waals surface area contributed by atoms with E-state index < -0.39 is 0 Å². The Hall–Kier alpha value is -2.57. The van der Waals surface area contributed by atoms with Crippen molar-refractivity contribution in [1.29, 1.82) is 0 Å². The van der Waals surface area contributed by atoms with Crippen LogP contribution < -0.4 is 16.0 Å². The summed E-state index contributed by atoms with van der Waals surface area (Å²) in [6.07, 6.45) is 1.31. The highest BCUT2D eigenvalue weighted by molar-refractivity contribution is 5.97. The Balaban J connectivity index is 1.95. The molecule has 26 heavy (non-hydrogen) atoms. The molecule has 0 unspecified atom stereocenters. The van der Waals surface area contributed by atoms with Crippen molar-refractivity contribution in [1.82, 2.24) is 15.5 Å². The van der Waals surface area contributed by atoms with Gasteiger partial charge in [-0.3, -0.25) is 9.59 Å². The smallest absolute Gasteiger partial charge is 0.321 e. The van der Waals surface area contributed by atoms with E-state index >= 15 is 0 Å². The number of likely N-dealkylation sites (tertiary alicyclic amines) is 1. The van der Waals surface area contributed by atoms with Gasteiger partial charge in [0.15, 0.2) is 0 Å². The maximum absolute atomic E-state index is 12.4. The molecule has 3 N–H and O–H groups in total. The van der Waals surface area contributed by atoms with Crippen molar-refractivity contribution in [3.63, 3.8) is 0 Å². The fourth-order valence-electron chi connectivity index (χ4n) is 2.90. The van der Waals surface area contributed by atoms with E-state index in [0.717, 1.165) is 0 Å². The molecule has 142 valence electrons. The van der Waals surface area contributed by atoms with Gasteiger partial charge in [0.05, 0.1) is 0 Å². The van der Waals surface area contributed by atoms with E-state index in [1.807, 2.05) is 20.8 Å². The molecule has 1 aliphatic rings. The maximum Gasteiger partial charge on any atom is 0.321 e. The summed E-state index contributed by atoms with van der Waals surface area (Å²) >= 11 is 0. The van der Waals surface area contributed by atoms with Crippen molar-refractivity contribution in [2.75, 3.05) is 25.5 Å². The fourth-order valence-corrected chi connectivity index (χ4v) is 2.90. The number of nitrogens with zero attached hydrogens (tertiary/aromatic N) is 1. The molecule has 1 aromatic carbocycles. The lowest BCUT2D eigenvalue weighted by Gasteiger charge is -2.31. The van der Waals surface area contributed by atoms with Crippen molar-refractivity contribution in [3.05, 3.63) is 29.8 Å². The Labute approximate surface area is 154 Å². The number of carbonyl (C=O) groups is 3. The molecule has 0 saturated carbocycles. The normalized spacial score (nSPS) is 15.3. The minimum atomic E-state index is -0.328. The van der Waals surface area contributed by atoms with Crippen molar-refractivity contribution in [3.8, 4) is 0 Å². The van der Waals surface area contributed by atoms with Crippen LogP contribution >= 0.6 is 0 Å². The highest BCUT2D eigenvalue weighted by Crippen LogP contribution is 2.19. The van der Waals surface area contributed by atoms with Crippen LogP contribution in [0, 0.1) is 5.92 Å². The molecular formula is C19H28N4O3. The second-order valence-electron chi connectivity index (χ2n) is 7.59. The van der Waals surface area contributed by atoms with Crippen LogP contribution in [0.15, 0.2) is 24.3 Å². The van der Waals surface area contributed by atoms with Gasteiger partial charge >= 0.3 is 6.03 Å². The summed E-state index contributed by atoms with van der Waals surface area (Å²) in [7, 11) is 1.63. The average molecular weight is 360 g/mol. The van der Waals surface area contributed by atoms with Crippen LogP contribution in [-0.2, 0) is 4.79 Å². The molecule has 1 fully saturated rings. The van der Waals surface area contributed by atoms with Gasteiger partial charge in [-0.05, 0) is 51.8 Å². The fraction of sp³-hybridized carbons (Fsp3) is 0.526. The number of amides is 4. The zero-order valence-corrected chi connectivity index (χ0v) is 15.9. The second-order valence-corrected chi connectivity index (χ2v) is 7.59. The average Bonchev–Trinajstić information content (AvgIpc) is 2.60. The molecule has 0 spiro atoms. The molecule has 0 radical (unpaired) electrons. The van der Waals surface area contributed by atoms with Crippen LogP contribution in [0.5, 0.6) is 0 Å². The first-order valence-corrected chi connectivity index (χ1v) is 8.89. The van der Waals surface area contributed by atoms with Gasteiger partial charge in [-0.25, -0.2) is 4.79 Å². The van der Waals surface area contributed by atoms with Crippen LogP contribution in [-0.4, -0.2) is 48.4 Å². The molecule has 0 bridgehead atoms. The summed E-state index contributed by atoms with van der Waals surface area (Å²) in [5.41, 5.74) is 0.742. The van der Waals surface area contributed by atoms with Gasteiger partial charge in [0.2, 0.25) is 5.91 Å². The van der Waals surface area contributed by atoms with Gasteiger partial charge in [-0.2, -0.15) is 0 Å². The van der Waals surface area contributed by atoms with Crippen molar-refractivity contribution in [2.24, 2.45) is 5.92 Å². The number of rotatable bonds is 3. The van der Waals surface area contributed by atoms with Crippen molar-refractivity contribution >= 4 is 23.5 Å². The number of carbonyl (C=O) groups excluding carboxylic acids is 3. The molecule has 1 heterocycles. The molecule has 0 aromatic heterocycles. The van der Waals surface area contributed by atoms with E-state index in [9.17, 15) is 14.4 Å². The highest BCUT2D eigenvalue weighted by atomic mass is 16.2. The zero-order chi connectivity index (χ0) is 19.3. The quantitative estimate of drug-likeness (QED) is 0.772. The first kappa shape index (κ1) is 19.8. The predicted molar refractivity (Wildman–Crippen MR) is 101 cm³/mol. The number of piperidine rings is 1. The minimum Gasteiger partial charge on any atom is -0.359 e. The van der Waals surface area contributed by atoms with Gasteiger partial charge in [0, 0.05) is 42.8 Å². The number of nitrogens with one attached hydrogen (secondary N) is 3. The van der Waals surface area contributed by atoms with E-state index in [2.05, 4.69) is 16.0 Å². The Morgan fingerprint density at radius 3 is 2.35 bits per heavy atom. The van der Waals surface area contributed by atoms with E-state index in [1.54, 1.807) is 36.2 Å². The Kier molecular flexibility index (Phi) is 6.23. The van der Waals surface area contributed by atoms with Crippen molar-refractivity contribution in [2.45, 2.75) is 39.2 Å². The third-order valence-electron chi connectivity index (χ3n) is 4.26. The molecule has 1 aliphatic heterocycles. The monoisotopic (exact) mass is 360 g/mol. The van der Waals surface area contributed by atoms with Crippen LogP contribution in [0.1, 0.15) is 44.0 Å². The molecule has 0 aliphatic carbocycles. The first-order chi connectivity index (χ1) is 12.2. The van der Waals surface area contributed by atoms with Gasteiger partial charge in [0.1, 0.15) is 0 Å². The molecule has 7 heteroatoms. The molecule has 4 amide bonds. The minimum absolute atomic E-state index is 0.0302. The van der Waals surface area contributed by atoms with Gasteiger partial charge in [-0.1, -0.05) is 6.07 Å². The lowest BCUT2D eigenvalue weighted by molar-refractivity contribution is -0.125. The number of anilines is 1. The number of hydrogen-bond donors (Lipinski definition) is 3. The van der Waals surface area contributed by atoms with E-state index in [-0.39, 0.29) is 29.3 Å². The number of hydrogen-bond acceptors (Lipinski definition) is 3. The Bertz CT molecular complexity index is 674. The summed E-state index contributed by atoms with van der Waals surface area (Å²) < 4.78 is 0. The summed E-state index contributed by atoms with van der Waals surface area (Å²) in [4.78, 5) is 38.1. The number of urea groups is 1. The lowest BCUT2D eigenvalue weighted by atomic mass is 9.96. The Morgan fingerprint density at radius 1 is 1.12 bits per heavy atom. The highest BCUT2D eigenvalue weighted by Gasteiger charge is 2.26. The maximum atomic E-state index is 12.4. The van der Waals surface area contributed by atoms with Crippen LogP contribution in [0.25, 0.3) is 0 Å². The summed E-state index contributed by atoms with van der Waals surface area (Å²) in [5, 5.41) is 8.39. The van der Waals surface area contributed by atoms with Gasteiger partial charge in [-0.15, -0.1) is 0 Å². The second kappa shape index (κ2) is 8.21. The van der Waals surface area contributed by atoms with E-state index in [0.29, 0.717) is 37.2 Å². The van der Waals surface area contributed by atoms with Gasteiger partial charge < -0.3 is 20.9 Å². The zero-order valence-electron chi connectivity index (χ0n) is 15.9. The van der Waals surface area contributed by atoms with Crippen LogP contribution in [0.2, 0.25) is 0 Å². The standard InChI is InChI=1S/C19H28N4O3/c1-19(2,3)22-17(25)14-6-5-7-15(12-14)21-18(26)23-10-8-13(9-11-23)16(24)20-4/h5-7,12-13H,8-11H2,1-4H3,(H,20,24)(H,21,26)(H,22,25).